The van der Waals surface area contributed by atoms with E-state index in [1.165, 1.54) is 6.07 Å². The van der Waals surface area contributed by atoms with Gasteiger partial charge < -0.3 is 5.73 Å². The molecule has 0 unspecified atom stereocenters. The summed E-state index contributed by atoms with van der Waals surface area (Å²) in [5.74, 6) is 0. The minimum atomic E-state index is -5.05. The highest BCUT2D eigenvalue weighted by Gasteiger charge is 2.38. The molecule has 1 aromatic heterocycles. The number of hydrogen-bond acceptors (Lipinski definition) is 3. The summed E-state index contributed by atoms with van der Waals surface area (Å²) in [7, 11) is 0. The lowest BCUT2D eigenvalue weighted by Crippen LogP contribution is -2.14. The second kappa shape index (κ2) is 3.92. The molecule has 0 spiro atoms. The maximum Gasteiger partial charge on any atom is 0.433 e. The molecule has 16 heavy (non-hydrogen) atoms. The van der Waals surface area contributed by atoms with Crippen LogP contribution in [-0.4, -0.2) is 4.98 Å². The third-order valence-corrected chi connectivity index (χ3v) is 1.69. The fraction of sp³-hybridized carbons (Fsp3) is 0.250. The normalized spacial score (nSPS) is 11.6. The Hall–Kier alpha value is -1.91. The molecule has 0 aliphatic rings. The Labute approximate surface area is 86.3 Å². The molecule has 86 valence electrons. The van der Waals surface area contributed by atoms with Crippen molar-refractivity contribution in [1.29, 1.82) is 5.26 Å². The van der Waals surface area contributed by atoms with E-state index in [1.54, 1.807) is 0 Å². The minimum Gasteiger partial charge on any atom is -0.396 e. The van der Waals surface area contributed by atoms with E-state index in [0.29, 0.717) is 6.07 Å². The van der Waals surface area contributed by atoms with Gasteiger partial charge in [-0.1, -0.05) is 0 Å². The molecule has 0 fully saturated rings. The van der Waals surface area contributed by atoms with E-state index in [-0.39, 0.29) is 0 Å². The summed E-state index contributed by atoms with van der Waals surface area (Å²) in [5.41, 5.74) is 0.749. The summed E-state index contributed by atoms with van der Waals surface area (Å²) >= 11 is 0. The van der Waals surface area contributed by atoms with Crippen molar-refractivity contribution in [2.75, 3.05) is 5.73 Å². The van der Waals surface area contributed by atoms with Crippen LogP contribution in [0.25, 0.3) is 0 Å². The number of alkyl halides is 5. The second-order valence-electron chi connectivity index (χ2n) is 2.77. The molecule has 0 bridgehead atoms. The molecule has 0 radical (unpaired) electrons. The molecule has 8 heteroatoms. The highest BCUT2D eigenvalue weighted by atomic mass is 19.4. The number of nitrogen functional groups attached to an aromatic ring is 1. The monoisotopic (exact) mass is 237 g/mol. The zero-order valence-corrected chi connectivity index (χ0v) is 7.52. The molecular weight excluding hydrogens is 233 g/mol. The minimum absolute atomic E-state index is 0.416. The van der Waals surface area contributed by atoms with Crippen LogP contribution in [0.2, 0.25) is 0 Å². The Morgan fingerprint density at radius 3 is 2.31 bits per heavy atom. The van der Waals surface area contributed by atoms with E-state index in [1.807, 2.05) is 0 Å². The zero-order chi connectivity index (χ0) is 12.5. The smallest absolute Gasteiger partial charge is 0.396 e. The SMILES string of the molecule is N#Cc1nc(C(F)(F)F)c(C(F)F)cc1N. The standard InChI is InChI=1S/C8H4F5N3/c9-7(10)3-1-4(15)5(2-14)16-6(3)8(11,12)13/h1,7H,15H2. The van der Waals surface area contributed by atoms with E-state index in [4.69, 9.17) is 11.0 Å². The molecule has 0 aromatic carbocycles. The van der Waals surface area contributed by atoms with E-state index in [2.05, 4.69) is 4.98 Å². The zero-order valence-electron chi connectivity index (χ0n) is 7.52. The molecule has 2 N–H and O–H groups in total. The number of rotatable bonds is 1. The van der Waals surface area contributed by atoms with Crippen LogP contribution in [0.15, 0.2) is 6.07 Å². The Kier molecular flexibility index (Phi) is 2.98. The molecule has 0 aliphatic heterocycles. The van der Waals surface area contributed by atoms with Gasteiger partial charge in [0.1, 0.15) is 6.07 Å². The maximum absolute atomic E-state index is 12.3. The van der Waals surface area contributed by atoms with Crippen LogP contribution in [0.3, 0.4) is 0 Å². The topological polar surface area (TPSA) is 62.7 Å². The first kappa shape index (κ1) is 12.2. The van der Waals surface area contributed by atoms with Gasteiger partial charge in [-0.3, -0.25) is 0 Å². The lowest BCUT2D eigenvalue weighted by atomic mass is 10.1. The molecule has 1 heterocycles. The number of hydrogen-bond donors (Lipinski definition) is 1. The molecule has 0 aliphatic carbocycles. The van der Waals surface area contributed by atoms with Crippen LogP contribution >= 0.6 is 0 Å². The van der Waals surface area contributed by atoms with Gasteiger partial charge in [0.2, 0.25) is 0 Å². The third kappa shape index (κ3) is 2.18. The van der Waals surface area contributed by atoms with Crippen molar-refractivity contribution in [3.63, 3.8) is 0 Å². The lowest BCUT2D eigenvalue weighted by molar-refractivity contribution is -0.143. The highest BCUT2D eigenvalue weighted by Crippen LogP contribution is 2.36. The van der Waals surface area contributed by atoms with Crippen molar-refractivity contribution in [3.05, 3.63) is 23.0 Å². The molecule has 0 atom stereocenters. The first-order valence-corrected chi connectivity index (χ1v) is 3.83. The number of anilines is 1. The van der Waals surface area contributed by atoms with Crippen molar-refractivity contribution in [2.45, 2.75) is 12.6 Å². The number of nitrogens with zero attached hydrogens (tertiary/aromatic N) is 2. The van der Waals surface area contributed by atoms with Crippen molar-refractivity contribution in [1.82, 2.24) is 4.98 Å². The van der Waals surface area contributed by atoms with Crippen LogP contribution in [0.4, 0.5) is 27.6 Å². The summed E-state index contributed by atoms with van der Waals surface area (Å²) < 4.78 is 61.5. The van der Waals surface area contributed by atoms with Gasteiger partial charge in [-0.05, 0) is 6.07 Å². The predicted octanol–water partition coefficient (Wildman–Crippen LogP) is 2.49. The van der Waals surface area contributed by atoms with Crippen molar-refractivity contribution < 1.29 is 22.0 Å². The summed E-state index contributed by atoms with van der Waals surface area (Å²) in [6, 6.07) is 1.71. The molecule has 0 saturated carbocycles. The van der Waals surface area contributed by atoms with Crippen molar-refractivity contribution >= 4 is 5.69 Å². The first-order chi connectivity index (χ1) is 7.27. The summed E-state index contributed by atoms with van der Waals surface area (Å²) in [4.78, 5) is 2.79. The van der Waals surface area contributed by atoms with Crippen molar-refractivity contribution in [2.24, 2.45) is 0 Å². The van der Waals surface area contributed by atoms with Gasteiger partial charge in [0.05, 0.1) is 11.3 Å². The van der Waals surface area contributed by atoms with Gasteiger partial charge in [0.25, 0.3) is 6.43 Å². The average Bonchev–Trinajstić information content (AvgIpc) is 2.15. The second-order valence-corrected chi connectivity index (χ2v) is 2.77. The van der Waals surface area contributed by atoms with E-state index < -0.39 is 35.2 Å². The fourth-order valence-corrected chi connectivity index (χ4v) is 1.03. The number of nitriles is 1. The van der Waals surface area contributed by atoms with E-state index in [9.17, 15) is 22.0 Å². The van der Waals surface area contributed by atoms with Crippen LogP contribution in [-0.2, 0) is 6.18 Å². The first-order valence-electron chi connectivity index (χ1n) is 3.83. The number of pyridine rings is 1. The fourth-order valence-electron chi connectivity index (χ4n) is 1.03. The Balaban J connectivity index is 3.51. The highest BCUT2D eigenvalue weighted by molar-refractivity contribution is 5.53. The molecular formula is C8H4F5N3. The average molecular weight is 237 g/mol. The number of aromatic nitrogens is 1. The Morgan fingerprint density at radius 2 is 1.94 bits per heavy atom. The molecule has 3 nitrogen and oxygen atoms in total. The van der Waals surface area contributed by atoms with Gasteiger partial charge in [-0.25, -0.2) is 13.8 Å². The molecule has 1 aromatic rings. The molecule has 0 saturated heterocycles. The third-order valence-electron chi connectivity index (χ3n) is 1.69. The molecule has 1 rings (SSSR count). The summed E-state index contributed by atoms with van der Waals surface area (Å²) in [6.07, 6.45) is -8.41. The predicted molar refractivity (Wildman–Crippen MR) is 43.3 cm³/mol. The Bertz CT molecular complexity index is 446. The summed E-state index contributed by atoms with van der Waals surface area (Å²) in [6.45, 7) is 0. The quantitative estimate of drug-likeness (QED) is 0.763. The Morgan fingerprint density at radius 1 is 1.38 bits per heavy atom. The van der Waals surface area contributed by atoms with Crippen LogP contribution in [0, 0.1) is 11.3 Å². The van der Waals surface area contributed by atoms with E-state index in [0.717, 1.165) is 0 Å². The van der Waals surface area contributed by atoms with E-state index >= 15 is 0 Å². The van der Waals surface area contributed by atoms with Crippen molar-refractivity contribution in [3.8, 4) is 6.07 Å². The van der Waals surface area contributed by atoms with Gasteiger partial charge in [-0.15, -0.1) is 0 Å². The van der Waals surface area contributed by atoms with Crippen LogP contribution in [0.1, 0.15) is 23.4 Å². The van der Waals surface area contributed by atoms with Gasteiger partial charge >= 0.3 is 6.18 Å². The number of nitrogens with two attached hydrogens (primary N) is 1. The maximum atomic E-state index is 12.3. The largest absolute Gasteiger partial charge is 0.433 e. The van der Waals surface area contributed by atoms with Crippen LogP contribution < -0.4 is 5.73 Å². The van der Waals surface area contributed by atoms with Gasteiger partial charge in [0.15, 0.2) is 11.4 Å². The van der Waals surface area contributed by atoms with Crippen LogP contribution in [0.5, 0.6) is 0 Å². The van der Waals surface area contributed by atoms with Gasteiger partial charge in [0, 0.05) is 0 Å². The molecule has 0 amide bonds. The van der Waals surface area contributed by atoms with Gasteiger partial charge in [-0.2, -0.15) is 18.4 Å². The lowest BCUT2D eigenvalue weighted by Gasteiger charge is -2.12. The number of halogens is 5. The summed E-state index contributed by atoms with van der Waals surface area (Å²) in [5, 5.41) is 8.39.